The van der Waals surface area contributed by atoms with E-state index < -0.39 is 0 Å². The molecular formula is C16H26N2. The van der Waals surface area contributed by atoms with Gasteiger partial charge >= 0.3 is 0 Å². The molecule has 2 N–H and O–H groups in total. The summed E-state index contributed by atoms with van der Waals surface area (Å²) in [7, 11) is 0. The fourth-order valence-corrected chi connectivity index (χ4v) is 3.05. The predicted octanol–water partition coefficient (Wildman–Crippen LogP) is 3.48. The first-order valence-electron chi connectivity index (χ1n) is 7.31. The number of likely N-dealkylation sites (N-methyl/N-ethyl adjacent to an activating group) is 1. The van der Waals surface area contributed by atoms with Gasteiger partial charge in [-0.05, 0) is 38.8 Å². The third kappa shape index (κ3) is 3.05. The lowest BCUT2D eigenvalue weighted by Crippen LogP contribution is -2.47. The van der Waals surface area contributed by atoms with Crippen molar-refractivity contribution >= 4 is 5.69 Å². The summed E-state index contributed by atoms with van der Waals surface area (Å²) < 4.78 is 0. The van der Waals surface area contributed by atoms with Crippen LogP contribution >= 0.6 is 0 Å². The maximum Gasteiger partial charge on any atom is 0.0440 e. The van der Waals surface area contributed by atoms with Crippen LogP contribution in [-0.4, -0.2) is 18.6 Å². The summed E-state index contributed by atoms with van der Waals surface area (Å²) in [5.41, 5.74) is 9.02. The van der Waals surface area contributed by atoms with Gasteiger partial charge in [-0.1, -0.05) is 37.0 Å². The van der Waals surface area contributed by atoms with E-state index in [0.717, 1.165) is 6.54 Å². The van der Waals surface area contributed by atoms with Crippen molar-refractivity contribution in [2.75, 3.05) is 11.4 Å². The van der Waals surface area contributed by atoms with Gasteiger partial charge in [-0.3, -0.25) is 0 Å². The van der Waals surface area contributed by atoms with E-state index >= 15 is 0 Å². The lowest BCUT2D eigenvalue weighted by atomic mass is 10.0. The lowest BCUT2D eigenvalue weighted by Gasteiger charge is -2.36. The van der Waals surface area contributed by atoms with E-state index in [1.807, 2.05) is 0 Å². The van der Waals surface area contributed by atoms with Crippen LogP contribution in [0.2, 0.25) is 0 Å². The fraction of sp³-hybridized carbons (Fsp3) is 0.625. The molecule has 2 atom stereocenters. The van der Waals surface area contributed by atoms with Gasteiger partial charge in [0.25, 0.3) is 0 Å². The van der Waals surface area contributed by atoms with Crippen molar-refractivity contribution in [3.8, 4) is 0 Å². The van der Waals surface area contributed by atoms with Crippen molar-refractivity contribution in [1.29, 1.82) is 0 Å². The SMILES string of the molecule is CCN(c1ccc(C)cc1)C1CCCCCC1N. The molecule has 0 heterocycles. The van der Waals surface area contributed by atoms with Gasteiger partial charge in [0.15, 0.2) is 0 Å². The molecule has 2 rings (SSSR count). The molecule has 2 nitrogen and oxygen atoms in total. The molecule has 100 valence electrons. The van der Waals surface area contributed by atoms with Gasteiger partial charge in [-0.25, -0.2) is 0 Å². The highest BCUT2D eigenvalue weighted by Crippen LogP contribution is 2.26. The molecule has 1 aromatic carbocycles. The maximum absolute atomic E-state index is 6.38. The highest BCUT2D eigenvalue weighted by molar-refractivity contribution is 5.48. The second-order valence-electron chi connectivity index (χ2n) is 5.49. The minimum atomic E-state index is 0.328. The molecular weight excluding hydrogens is 220 g/mol. The predicted molar refractivity (Wildman–Crippen MR) is 79.0 cm³/mol. The quantitative estimate of drug-likeness (QED) is 0.827. The monoisotopic (exact) mass is 246 g/mol. The van der Waals surface area contributed by atoms with Gasteiger partial charge in [0, 0.05) is 24.3 Å². The van der Waals surface area contributed by atoms with Crippen LogP contribution in [0.1, 0.15) is 44.6 Å². The Labute approximate surface area is 111 Å². The molecule has 1 fully saturated rings. The normalized spacial score (nSPS) is 24.6. The number of hydrogen-bond donors (Lipinski definition) is 1. The molecule has 0 bridgehead atoms. The summed E-state index contributed by atoms with van der Waals surface area (Å²) in [5.74, 6) is 0. The third-order valence-electron chi connectivity index (χ3n) is 4.14. The fourth-order valence-electron chi connectivity index (χ4n) is 3.05. The molecule has 1 saturated carbocycles. The minimum absolute atomic E-state index is 0.328. The Hall–Kier alpha value is -1.02. The zero-order chi connectivity index (χ0) is 13.0. The zero-order valence-electron chi connectivity index (χ0n) is 11.7. The van der Waals surface area contributed by atoms with Crippen LogP contribution in [0, 0.1) is 6.92 Å². The molecule has 0 amide bonds. The van der Waals surface area contributed by atoms with Crippen molar-refractivity contribution in [3.63, 3.8) is 0 Å². The number of nitrogens with two attached hydrogens (primary N) is 1. The molecule has 1 aromatic rings. The first-order chi connectivity index (χ1) is 8.72. The summed E-state index contributed by atoms with van der Waals surface area (Å²) in [4.78, 5) is 2.50. The summed E-state index contributed by atoms with van der Waals surface area (Å²) in [6.07, 6.45) is 6.37. The van der Waals surface area contributed by atoms with Crippen molar-refractivity contribution in [1.82, 2.24) is 0 Å². The van der Waals surface area contributed by atoms with Crippen molar-refractivity contribution in [3.05, 3.63) is 29.8 Å². The van der Waals surface area contributed by atoms with Crippen LogP contribution in [0.25, 0.3) is 0 Å². The Balaban J connectivity index is 2.18. The Morgan fingerprint density at radius 1 is 1.11 bits per heavy atom. The number of benzene rings is 1. The van der Waals surface area contributed by atoms with Crippen LogP contribution in [-0.2, 0) is 0 Å². The molecule has 0 spiro atoms. The topological polar surface area (TPSA) is 29.3 Å². The van der Waals surface area contributed by atoms with Gasteiger partial charge in [0.2, 0.25) is 0 Å². The Kier molecular flexibility index (Phi) is 4.65. The van der Waals surface area contributed by atoms with Gasteiger partial charge in [-0.15, -0.1) is 0 Å². The Morgan fingerprint density at radius 2 is 1.78 bits per heavy atom. The molecule has 18 heavy (non-hydrogen) atoms. The second kappa shape index (κ2) is 6.24. The second-order valence-corrected chi connectivity index (χ2v) is 5.49. The van der Waals surface area contributed by atoms with Gasteiger partial charge in [0.05, 0.1) is 0 Å². The maximum atomic E-state index is 6.38. The first kappa shape index (κ1) is 13.4. The molecule has 1 aliphatic carbocycles. The molecule has 1 aliphatic rings. The van der Waals surface area contributed by atoms with Crippen molar-refractivity contribution < 1.29 is 0 Å². The van der Waals surface area contributed by atoms with Crippen molar-refractivity contribution in [2.24, 2.45) is 5.73 Å². The van der Waals surface area contributed by atoms with Gasteiger partial charge in [0.1, 0.15) is 0 Å². The lowest BCUT2D eigenvalue weighted by molar-refractivity contribution is 0.466. The molecule has 2 unspecified atom stereocenters. The van der Waals surface area contributed by atoms with Crippen molar-refractivity contribution in [2.45, 2.75) is 58.0 Å². The van der Waals surface area contributed by atoms with Gasteiger partial charge in [-0.2, -0.15) is 0 Å². The number of aryl methyl sites for hydroxylation is 1. The van der Waals surface area contributed by atoms with Crippen LogP contribution in [0.15, 0.2) is 24.3 Å². The van der Waals surface area contributed by atoms with E-state index in [2.05, 4.69) is 43.0 Å². The average Bonchev–Trinajstić information content (AvgIpc) is 2.58. The largest absolute Gasteiger partial charge is 0.367 e. The van der Waals surface area contributed by atoms with E-state index in [9.17, 15) is 0 Å². The van der Waals surface area contributed by atoms with E-state index in [1.54, 1.807) is 0 Å². The summed E-state index contributed by atoms with van der Waals surface area (Å²) in [5, 5.41) is 0. The Bertz CT molecular complexity index is 358. The Morgan fingerprint density at radius 3 is 2.44 bits per heavy atom. The number of nitrogens with zero attached hydrogens (tertiary/aromatic N) is 1. The van der Waals surface area contributed by atoms with Crippen LogP contribution in [0.3, 0.4) is 0 Å². The first-order valence-corrected chi connectivity index (χ1v) is 7.31. The minimum Gasteiger partial charge on any atom is -0.367 e. The smallest absolute Gasteiger partial charge is 0.0440 e. The molecule has 0 saturated heterocycles. The van der Waals surface area contributed by atoms with Crippen LogP contribution in [0.4, 0.5) is 5.69 Å². The number of hydrogen-bond acceptors (Lipinski definition) is 2. The van der Waals surface area contributed by atoms with E-state index in [0.29, 0.717) is 12.1 Å². The van der Waals surface area contributed by atoms with E-state index in [1.165, 1.54) is 43.4 Å². The number of anilines is 1. The molecule has 2 heteroatoms. The van der Waals surface area contributed by atoms with E-state index in [-0.39, 0.29) is 0 Å². The highest BCUT2D eigenvalue weighted by Gasteiger charge is 2.25. The zero-order valence-corrected chi connectivity index (χ0v) is 11.7. The molecule has 0 aromatic heterocycles. The standard InChI is InChI=1S/C16H26N2/c1-3-18(14-11-9-13(2)10-12-14)16-8-6-4-5-7-15(16)17/h9-12,15-16H,3-8,17H2,1-2H3. The number of rotatable bonds is 3. The van der Waals surface area contributed by atoms with Crippen LogP contribution in [0.5, 0.6) is 0 Å². The third-order valence-corrected chi connectivity index (χ3v) is 4.14. The van der Waals surface area contributed by atoms with E-state index in [4.69, 9.17) is 5.73 Å². The van der Waals surface area contributed by atoms with Gasteiger partial charge < -0.3 is 10.6 Å². The van der Waals surface area contributed by atoms with Crippen LogP contribution < -0.4 is 10.6 Å². The highest BCUT2D eigenvalue weighted by atomic mass is 15.2. The molecule has 0 radical (unpaired) electrons. The summed E-state index contributed by atoms with van der Waals surface area (Å²) in [6.45, 7) is 5.41. The summed E-state index contributed by atoms with van der Waals surface area (Å²) in [6, 6.07) is 9.70. The summed E-state index contributed by atoms with van der Waals surface area (Å²) >= 11 is 0. The average molecular weight is 246 g/mol. The molecule has 0 aliphatic heterocycles.